The van der Waals surface area contributed by atoms with Crippen LogP contribution in [0.2, 0.25) is 0 Å². The second kappa shape index (κ2) is 2.77. The fourth-order valence-electron chi connectivity index (χ4n) is 0.860. The van der Waals surface area contributed by atoms with Crippen LogP contribution in [0, 0.1) is 5.51 Å². The average molecular weight is 220 g/mol. The number of fused-ring (bicyclic) bond motifs is 1. The lowest BCUT2D eigenvalue weighted by Gasteiger charge is -2.03. The Morgan fingerprint density at radius 1 is 1.50 bits per heavy atom. The Kier molecular flexibility index (Phi) is 1.81. The fourth-order valence-corrected chi connectivity index (χ4v) is 1.43. The molecular weight excluding hydrogens is 219 g/mol. The van der Waals surface area contributed by atoms with E-state index < -0.39 is 17.4 Å². The van der Waals surface area contributed by atoms with Gasteiger partial charge in [-0.3, -0.25) is 4.79 Å². The lowest BCUT2D eigenvalue weighted by atomic mass is 10.4. The van der Waals surface area contributed by atoms with Crippen molar-refractivity contribution in [1.82, 2.24) is 14.6 Å². The SMILES string of the molecule is O=c1cc(C(F)(F)F)nc2s[c]nn12. The molecule has 0 atom stereocenters. The first-order chi connectivity index (χ1) is 6.48. The number of nitrogens with zero attached hydrogens (tertiary/aromatic N) is 3. The van der Waals surface area contributed by atoms with Crippen molar-refractivity contribution in [3.63, 3.8) is 0 Å². The molecule has 2 aromatic heterocycles. The molecule has 1 radical (unpaired) electrons. The number of rotatable bonds is 0. The normalized spacial score (nSPS) is 12.2. The van der Waals surface area contributed by atoms with E-state index in [1.807, 2.05) is 0 Å². The van der Waals surface area contributed by atoms with Gasteiger partial charge in [0.05, 0.1) is 0 Å². The average Bonchev–Trinajstić information content (AvgIpc) is 2.50. The molecule has 0 aliphatic carbocycles. The molecule has 4 nitrogen and oxygen atoms in total. The van der Waals surface area contributed by atoms with Gasteiger partial charge in [-0.1, -0.05) is 11.3 Å². The number of alkyl halides is 3. The molecule has 0 aliphatic rings. The van der Waals surface area contributed by atoms with Gasteiger partial charge >= 0.3 is 6.18 Å². The zero-order chi connectivity index (χ0) is 10.3. The molecule has 8 heteroatoms. The summed E-state index contributed by atoms with van der Waals surface area (Å²) in [6, 6.07) is 0.403. The Bertz CT molecular complexity index is 529. The highest BCUT2D eigenvalue weighted by atomic mass is 32.1. The van der Waals surface area contributed by atoms with E-state index >= 15 is 0 Å². The van der Waals surface area contributed by atoms with Crippen molar-refractivity contribution in [1.29, 1.82) is 0 Å². The van der Waals surface area contributed by atoms with Gasteiger partial charge in [0.2, 0.25) is 4.96 Å². The smallest absolute Gasteiger partial charge is 0.267 e. The van der Waals surface area contributed by atoms with Crippen molar-refractivity contribution in [2.45, 2.75) is 6.18 Å². The first-order valence-corrected chi connectivity index (χ1v) is 4.14. The van der Waals surface area contributed by atoms with E-state index in [9.17, 15) is 18.0 Å². The minimum Gasteiger partial charge on any atom is -0.267 e. The van der Waals surface area contributed by atoms with Gasteiger partial charge in [-0.05, 0) is 0 Å². The van der Waals surface area contributed by atoms with Crippen LogP contribution in [0.25, 0.3) is 4.96 Å². The predicted molar refractivity (Wildman–Crippen MR) is 41.0 cm³/mol. The molecule has 0 aliphatic heterocycles. The van der Waals surface area contributed by atoms with E-state index in [1.54, 1.807) is 0 Å². The van der Waals surface area contributed by atoms with Crippen LogP contribution in [0.15, 0.2) is 10.9 Å². The monoisotopic (exact) mass is 220 g/mol. The second-order valence-electron chi connectivity index (χ2n) is 2.37. The van der Waals surface area contributed by atoms with Crippen LogP contribution in [-0.2, 0) is 6.18 Å². The molecule has 14 heavy (non-hydrogen) atoms. The van der Waals surface area contributed by atoms with Gasteiger partial charge in [-0.25, -0.2) is 4.98 Å². The van der Waals surface area contributed by atoms with Gasteiger partial charge < -0.3 is 0 Å². The van der Waals surface area contributed by atoms with Gasteiger partial charge in [-0.2, -0.15) is 17.7 Å². The van der Waals surface area contributed by atoms with E-state index in [0.29, 0.717) is 6.07 Å². The zero-order valence-electron chi connectivity index (χ0n) is 6.37. The number of aromatic nitrogens is 3. The lowest BCUT2D eigenvalue weighted by Crippen LogP contribution is -2.19. The van der Waals surface area contributed by atoms with Crippen LogP contribution < -0.4 is 5.56 Å². The van der Waals surface area contributed by atoms with Crippen LogP contribution >= 0.6 is 11.3 Å². The van der Waals surface area contributed by atoms with Gasteiger partial charge in [0.1, 0.15) is 0 Å². The molecule has 73 valence electrons. The third-order valence-corrected chi connectivity index (χ3v) is 2.05. The van der Waals surface area contributed by atoms with Crippen LogP contribution in [0.3, 0.4) is 0 Å². The Hall–Kier alpha value is -1.44. The van der Waals surface area contributed by atoms with Crippen molar-refractivity contribution < 1.29 is 13.2 Å². The first-order valence-electron chi connectivity index (χ1n) is 3.32. The Morgan fingerprint density at radius 3 is 2.86 bits per heavy atom. The van der Waals surface area contributed by atoms with E-state index in [-0.39, 0.29) is 4.96 Å². The molecule has 0 bridgehead atoms. The molecule has 0 N–H and O–H groups in total. The topological polar surface area (TPSA) is 47.3 Å². The highest BCUT2D eigenvalue weighted by Crippen LogP contribution is 2.26. The molecule has 0 saturated carbocycles. The summed E-state index contributed by atoms with van der Waals surface area (Å²) in [4.78, 5) is 14.2. The van der Waals surface area contributed by atoms with Crippen molar-refractivity contribution in [2.75, 3.05) is 0 Å². The van der Waals surface area contributed by atoms with E-state index in [4.69, 9.17) is 0 Å². The van der Waals surface area contributed by atoms with Gasteiger partial charge in [0.25, 0.3) is 5.56 Å². The van der Waals surface area contributed by atoms with Crippen molar-refractivity contribution >= 4 is 16.3 Å². The number of hydrogen-bond acceptors (Lipinski definition) is 4. The lowest BCUT2D eigenvalue weighted by molar-refractivity contribution is -0.141. The molecule has 0 saturated heterocycles. The van der Waals surface area contributed by atoms with Crippen LogP contribution in [0.4, 0.5) is 13.2 Å². The maximum absolute atomic E-state index is 12.2. The predicted octanol–water partition coefficient (Wildman–Crippen LogP) is 0.970. The zero-order valence-corrected chi connectivity index (χ0v) is 7.19. The molecule has 0 fully saturated rings. The Morgan fingerprint density at radius 2 is 2.21 bits per heavy atom. The molecule has 0 aromatic carbocycles. The number of hydrogen-bond donors (Lipinski definition) is 0. The molecule has 2 heterocycles. The minimum absolute atomic E-state index is 0.121. The van der Waals surface area contributed by atoms with E-state index in [0.717, 1.165) is 15.9 Å². The summed E-state index contributed by atoms with van der Waals surface area (Å²) in [5, 5.41) is 3.41. The first kappa shape index (κ1) is 9.13. The van der Waals surface area contributed by atoms with Gasteiger partial charge in [0.15, 0.2) is 11.2 Å². The van der Waals surface area contributed by atoms with Gasteiger partial charge in [-0.15, -0.1) is 5.10 Å². The van der Waals surface area contributed by atoms with Crippen LogP contribution in [-0.4, -0.2) is 14.6 Å². The fraction of sp³-hybridized carbons (Fsp3) is 0.167. The third-order valence-electron chi connectivity index (χ3n) is 1.43. The minimum atomic E-state index is -4.61. The molecule has 2 rings (SSSR count). The maximum atomic E-state index is 12.2. The highest BCUT2D eigenvalue weighted by Gasteiger charge is 2.33. The summed E-state index contributed by atoms with van der Waals surface area (Å²) >= 11 is 0.747. The third kappa shape index (κ3) is 1.37. The molecular formula is C6HF3N3OS. The van der Waals surface area contributed by atoms with Crippen molar-refractivity contribution in [3.05, 3.63) is 27.6 Å². The Labute approximate surface area is 78.6 Å². The highest BCUT2D eigenvalue weighted by molar-refractivity contribution is 7.14. The maximum Gasteiger partial charge on any atom is 0.433 e. The summed E-state index contributed by atoms with van der Waals surface area (Å²) in [6.07, 6.45) is -4.61. The molecule has 0 unspecified atom stereocenters. The summed E-state index contributed by atoms with van der Waals surface area (Å²) in [5.41, 5.74) is 0.213. The summed E-state index contributed by atoms with van der Waals surface area (Å²) < 4.78 is 37.3. The molecule has 0 amide bonds. The second-order valence-corrected chi connectivity index (χ2v) is 3.12. The molecule has 2 aromatic rings. The van der Waals surface area contributed by atoms with E-state index in [2.05, 4.69) is 15.6 Å². The quantitative estimate of drug-likeness (QED) is 0.664. The summed E-state index contributed by atoms with van der Waals surface area (Å²) in [5.74, 6) is 0. The van der Waals surface area contributed by atoms with E-state index in [1.165, 1.54) is 0 Å². The summed E-state index contributed by atoms with van der Waals surface area (Å²) in [6.45, 7) is 0. The van der Waals surface area contributed by atoms with Crippen LogP contribution in [0.1, 0.15) is 5.69 Å². The standard InChI is InChI=1S/C6HF3N3OS/c7-6(8,9)3-1-4(13)12-5(11-3)14-2-10-12/h1H. The summed E-state index contributed by atoms with van der Waals surface area (Å²) in [7, 11) is 0. The molecule has 0 spiro atoms. The number of halogens is 3. The van der Waals surface area contributed by atoms with Crippen LogP contribution in [0.5, 0.6) is 0 Å². The van der Waals surface area contributed by atoms with Crippen molar-refractivity contribution in [3.8, 4) is 0 Å². The Balaban J connectivity index is 2.77. The largest absolute Gasteiger partial charge is 0.433 e. The van der Waals surface area contributed by atoms with Crippen molar-refractivity contribution in [2.24, 2.45) is 0 Å². The van der Waals surface area contributed by atoms with Gasteiger partial charge in [0, 0.05) is 6.07 Å².